The summed E-state index contributed by atoms with van der Waals surface area (Å²) in [6.07, 6.45) is 5.10. The van der Waals surface area contributed by atoms with Gasteiger partial charge in [-0.2, -0.15) is 10.2 Å². The summed E-state index contributed by atoms with van der Waals surface area (Å²) in [6, 6.07) is -0.379. The minimum atomic E-state index is -0.379. The van der Waals surface area contributed by atoms with Crippen LogP contribution in [-0.2, 0) is 11.3 Å². The van der Waals surface area contributed by atoms with Crippen molar-refractivity contribution in [2.75, 3.05) is 5.32 Å². The number of anilines is 1. The van der Waals surface area contributed by atoms with Crippen molar-refractivity contribution in [3.8, 4) is 0 Å². The largest absolute Gasteiger partial charge is 0.321 e. The van der Waals surface area contributed by atoms with Gasteiger partial charge in [-0.1, -0.05) is 0 Å². The third kappa shape index (κ3) is 2.86. The highest BCUT2D eigenvalue weighted by molar-refractivity contribution is 9.10. The molecule has 0 spiro atoms. The first-order chi connectivity index (χ1) is 9.02. The Morgan fingerprint density at radius 3 is 2.74 bits per heavy atom. The van der Waals surface area contributed by atoms with Crippen molar-refractivity contribution in [2.24, 2.45) is 0 Å². The van der Waals surface area contributed by atoms with E-state index in [0.29, 0.717) is 0 Å². The van der Waals surface area contributed by atoms with E-state index in [1.54, 1.807) is 30.2 Å². The highest BCUT2D eigenvalue weighted by Gasteiger charge is 2.17. The molecule has 0 saturated heterocycles. The topological polar surface area (TPSA) is 64.7 Å². The van der Waals surface area contributed by atoms with E-state index < -0.39 is 0 Å². The quantitative estimate of drug-likeness (QED) is 0.938. The number of nitrogens with zero attached hydrogens (tertiary/aromatic N) is 4. The van der Waals surface area contributed by atoms with Gasteiger partial charge in [-0.05, 0) is 36.7 Å². The zero-order valence-corrected chi connectivity index (χ0v) is 12.7. The number of carbonyl (C=O) groups is 1. The molecule has 2 aromatic rings. The number of aryl methyl sites for hydroxylation is 1. The van der Waals surface area contributed by atoms with Gasteiger partial charge in [0.15, 0.2) is 0 Å². The maximum absolute atomic E-state index is 12.1. The number of aromatic nitrogens is 4. The van der Waals surface area contributed by atoms with Gasteiger partial charge < -0.3 is 5.32 Å². The smallest absolute Gasteiger partial charge is 0.249 e. The van der Waals surface area contributed by atoms with E-state index in [2.05, 4.69) is 31.4 Å². The average Bonchev–Trinajstić information content (AvgIpc) is 2.96. The monoisotopic (exact) mass is 325 g/mol. The summed E-state index contributed by atoms with van der Waals surface area (Å²) >= 11 is 3.31. The van der Waals surface area contributed by atoms with E-state index in [9.17, 15) is 4.79 Å². The van der Waals surface area contributed by atoms with Gasteiger partial charge in [-0.25, -0.2) is 0 Å². The zero-order valence-electron chi connectivity index (χ0n) is 11.1. The first kappa shape index (κ1) is 13.8. The molecule has 0 aliphatic carbocycles. The molecule has 2 rings (SSSR count). The minimum absolute atomic E-state index is 0.116. The number of amides is 1. The molecule has 0 fully saturated rings. The number of hydrogen-bond donors (Lipinski definition) is 1. The third-order valence-electron chi connectivity index (χ3n) is 3.01. The Morgan fingerprint density at radius 2 is 2.21 bits per heavy atom. The normalized spacial score (nSPS) is 12.4. The van der Waals surface area contributed by atoms with Crippen molar-refractivity contribution < 1.29 is 4.79 Å². The van der Waals surface area contributed by atoms with Gasteiger partial charge in [0.1, 0.15) is 6.04 Å². The Balaban J connectivity index is 2.10. The number of hydrogen-bond acceptors (Lipinski definition) is 3. The fourth-order valence-corrected chi connectivity index (χ4v) is 2.07. The van der Waals surface area contributed by atoms with Crippen molar-refractivity contribution in [1.82, 2.24) is 19.6 Å². The van der Waals surface area contributed by atoms with E-state index in [1.807, 2.05) is 18.5 Å². The zero-order chi connectivity index (χ0) is 14.0. The summed E-state index contributed by atoms with van der Waals surface area (Å²) in [5.74, 6) is -0.116. The number of halogens is 1. The van der Waals surface area contributed by atoms with Crippen molar-refractivity contribution in [1.29, 1.82) is 0 Å². The molecule has 0 aliphatic heterocycles. The molecule has 102 valence electrons. The van der Waals surface area contributed by atoms with E-state index in [0.717, 1.165) is 22.4 Å². The summed E-state index contributed by atoms with van der Waals surface area (Å²) in [4.78, 5) is 12.1. The van der Waals surface area contributed by atoms with Crippen LogP contribution in [0.25, 0.3) is 0 Å². The molecule has 1 N–H and O–H groups in total. The second-order valence-corrected chi connectivity index (χ2v) is 5.18. The molecule has 1 amide bonds. The highest BCUT2D eigenvalue weighted by Crippen LogP contribution is 2.17. The standard InChI is InChI=1S/C12H16BrN5O/c1-4-17-8(2)11(6-15-17)16-12(19)9(3)18-7-10(13)5-14-18/h5-7,9H,4H2,1-3H3,(H,16,19). The fraction of sp³-hybridized carbons (Fsp3) is 0.417. The molecule has 0 bridgehead atoms. The van der Waals surface area contributed by atoms with Crippen molar-refractivity contribution in [2.45, 2.75) is 33.4 Å². The molecule has 2 heterocycles. The summed E-state index contributed by atoms with van der Waals surface area (Å²) < 4.78 is 4.30. The summed E-state index contributed by atoms with van der Waals surface area (Å²) in [5, 5.41) is 11.2. The van der Waals surface area contributed by atoms with Crippen molar-refractivity contribution in [3.05, 3.63) is 28.8 Å². The molecular weight excluding hydrogens is 310 g/mol. The van der Waals surface area contributed by atoms with E-state index in [1.165, 1.54) is 0 Å². The predicted molar refractivity (Wildman–Crippen MR) is 75.9 cm³/mol. The van der Waals surface area contributed by atoms with Crippen LogP contribution in [0.15, 0.2) is 23.1 Å². The molecule has 0 aromatic carbocycles. The van der Waals surface area contributed by atoms with Crippen LogP contribution in [0.1, 0.15) is 25.6 Å². The Kier molecular flexibility index (Phi) is 4.04. The molecule has 0 aliphatic rings. The lowest BCUT2D eigenvalue weighted by Gasteiger charge is -2.12. The molecule has 1 atom stereocenters. The fourth-order valence-electron chi connectivity index (χ4n) is 1.77. The molecular formula is C12H16BrN5O. The highest BCUT2D eigenvalue weighted by atomic mass is 79.9. The SMILES string of the molecule is CCn1ncc(NC(=O)C(C)n2cc(Br)cn2)c1C. The van der Waals surface area contributed by atoms with Gasteiger partial charge >= 0.3 is 0 Å². The first-order valence-corrected chi connectivity index (χ1v) is 6.85. The molecule has 19 heavy (non-hydrogen) atoms. The maximum Gasteiger partial charge on any atom is 0.249 e. The van der Waals surface area contributed by atoms with E-state index in [-0.39, 0.29) is 11.9 Å². The molecule has 2 aromatic heterocycles. The Morgan fingerprint density at radius 1 is 1.47 bits per heavy atom. The minimum Gasteiger partial charge on any atom is -0.321 e. The number of carbonyl (C=O) groups excluding carboxylic acids is 1. The Hall–Kier alpha value is -1.63. The van der Waals surface area contributed by atoms with Crippen molar-refractivity contribution in [3.63, 3.8) is 0 Å². The van der Waals surface area contributed by atoms with Crippen LogP contribution in [0.5, 0.6) is 0 Å². The van der Waals surface area contributed by atoms with Gasteiger partial charge in [0, 0.05) is 12.7 Å². The summed E-state index contributed by atoms with van der Waals surface area (Å²) in [7, 11) is 0. The van der Waals surface area contributed by atoms with Gasteiger partial charge in [0.05, 0.1) is 28.2 Å². The van der Waals surface area contributed by atoms with Gasteiger partial charge in [-0.3, -0.25) is 14.2 Å². The van der Waals surface area contributed by atoms with Crippen LogP contribution in [0.2, 0.25) is 0 Å². The Labute approximate surface area is 119 Å². The van der Waals surface area contributed by atoms with Crippen LogP contribution in [0.4, 0.5) is 5.69 Å². The molecule has 6 nitrogen and oxygen atoms in total. The number of nitrogens with one attached hydrogen (secondary N) is 1. The van der Waals surface area contributed by atoms with Crippen molar-refractivity contribution >= 4 is 27.5 Å². The van der Waals surface area contributed by atoms with Crippen LogP contribution in [0, 0.1) is 6.92 Å². The summed E-state index contributed by atoms with van der Waals surface area (Å²) in [6.45, 7) is 6.52. The molecule has 1 unspecified atom stereocenters. The van der Waals surface area contributed by atoms with Gasteiger partial charge in [0.25, 0.3) is 0 Å². The van der Waals surface area contributed by atoms with Gasteiger partial charge in [0.2, 0.25) is 5.91 Å². The second kappa shape index (κ2) is 5.56. The molecule has 0 radical (unpaired) electrons. The lowest BCUT2D eigenvalue weighted by Crippen LogP contribution is -2.24. The van der Waals surface area contributed by atoms with E-state index in [4.69, 9.17) is 0 Å². The maximum atomic E-state index is 12.1. The first-order valence-electron chi connectivity index (χ1n) is 6.05. The molecule has 0 saturated carbocycles. The third-order valence-corrected chi connectivity index (χ3v) is 3.42. The van der Waals surface area contributed by atoms with Crippen LogP contribution in [-0.4, -0.2) is 25.5 Å². The van der Waals surface area contributed by atoms with E-state index >= 15 is 0 Å². The lowest BCUT2D eigenvalue weighted by molar-refractivity contribution is -0.119. The second-order valence-electron chi connectivity index (χ2n) is 4.26. The van der Waals surface area contributed by atoms with Crippen LogP contribution < -0.4 is 5.32 Å². The average molecular weight is 326 g/mol. The van der Waals surface area contributed by atoms with Crippen LogP contribution >= 0.6 is 15.9 Å². The van der Waals surface area contributed by atoms with Crippen LogP contribution in [0.3, 0.4) is 0 Å². The van der Waals surface area contributed by atoms with Gasteiger partial charge in [-0.15, -0.1) is 0 Å². The predicted octanol–water partition coefficient (Wildman–Crippen LogP) is 2.37. The lowest BCUT2D eigenvalue weighted by atomic mass is 10.3. The number of rotatable bonds is 4. The molecule has 7 heteroatoms. The summed E-state index contributed by atoms with van der Waals surface area (Å²) in [5.41, 5.74) is 1.69. The Bertz CT molecular complexity index is 589.